The van der Waals surface area contributed by atoms with Crippen LogP contribution < -0.4 is 25.4 Å². The number of carbonyl (C=O) groups excluding carboxylic acids is 1. The number of carbonyl (C=O) groups is 1. The molecule has 324 valence electrons. The predicted octanol–water partition coefficient (Wildman–Crippen LogP) is 7.63. The van der Waals surface area contributed by atoms with Crippen molar-refractivity contribution >= 4 is 40.0 Å². The third kappa shape index (κ3) is 8.87. The standard InChI is InChI=1S/C48H53N11O4/c1-3-34-28-53-59-41(26-42(54-46(34)59)57-24-8-7-10-36(57)22-25-60)50-27-33-14-18-38(19-15-33)62-30-32(2)48(61)56-23-9-11-37(29-56)58-47-43(45(49)51-31-52-47)44(55-58)35-16-20-40(21-17-35)63-39-12-5-4-6-13-39/h4-6,12-21,26,28,31,36-37,50,60H,2-3,7-11,22-25,27,29-30H2,1H3,(H2,49,51,52)/t36-,37+/m0/s1. The second kappa shape index (κ2) is 18.5. The van der Waals surface area contributed by atoms with Gasteiger partial charge in [0.2, 0.25) is 0 Å². The van der Waals surface area contributed by atoms with Crippen LogP contribution in [0.4, 0.5) is 17.5 Å². The second-order valence-electron chi connectivity index (χ2n) is 16.2. The molecule has 7 aromatic rings. The first-order valence-corrected chi connectivity index (χ1v) is 21.9. The topological polar surface area (TPSA) is 174 Å². The molecular formula is C48H53N11O4. The van der Waals surface area contributed by atoms with Gasteiger partial charge in [-0.3, -0.25) is 4.79 Å². The molecule has 2 saturated heterocycles. The molecule has 2 fully saturated rings. The summed E-state index contributed by atoms with van der Waals surface area (Å²) in [4.78, 5) is 31.9. The van der Waals surface area contributed by atoms with Gasteiger partial charge in [0.1, 0.15) is 53.3 Å². The molecule has 0 radical (unpaired) electrons. The van der Waals surface area contributed by atoms with Gasteiger partial charge in [-0.25, -0.2) is 19.6 Å². The first kappa shape index (κ1) is 41.4. The van der Waals surface area contributed by atoms with E-state index in [1.165, 1.54) is 6.33 Å². The molecule has 63 heavy (non-hydrogen) atoms. The Morgan fingerprint density at radius 1 is 0.937 bits per heavy atom. The van der Waals surface area contributed by atoms with Crippen LogP contribution >= 0.6 is 0 Å². The van der Waals surface area contributed by atoms with Crippen molar-refractivity contribution in [1.29, 1.82) is 0 Å². The first-order valence-electron chi connectivity index (χ1n) is 21.9. The van der Waals surface area contributed by atoms with Gasteiger partial charge in [-0.1, -0.05) is 43.8 Å². The van der Waals surface area contributed by atoms with Crippen molar-refractivity contribution in [3.63, 3.8) is 0 Å². The summed E-state index contributed by atoms with van der Waals surface area (Å²) in [6.45, 7) is 8.98. The zero-order valence-electron chi connectivity index (χ0n) is 35.6. The van der Waals surface area contributed by atoms with Gasteiger partial charge >= 0.3 is 0 Å². The van der Waals surface area contributed by atoms with Crippen LogP contribution in [0.3, 0.4) is 0 Å². The number of likely N-dealkylation sites (tertiary alicyclic amines) is 1. The van der Waals surface area contributed by atoms with Gasteiger partial charge in [0.25, 0.3) is 5.91 Å². The summed E-state index contributed by atoms with van der Waals surface area (Å²) in [5.74, 6) is 4.06. The number of piperidine rings is 2. The Kier molecular flexibility index (Phi) is 12.2. The Balaban J connectivity index is 0.827. The van der Waals surface area contributed by atoms with E-state index in [4.69, 9.17) is 25.3 Å². The van der Waals surface area contributed by atoms with Crippen LogP contribution in [0.25, 0.3) is 27.9 Å². The summed E-state index contributed by atoms with van der Waals surface area (Å²) >= 11 is 0. The molecule has 15 nitrogen and oxygen atoms in total. The summed E-state index contributed by atoms with van der Waals surface area (Å²) in [6.07, 6.45) is 9.82. The quantitative estimate of drug-likeness (QED) is 0.0863. The van der Waals surface area contributed by atoms with Crippen LogP contribution in [0.1, 0.15) is 62.6 Å². The second-order valence-corrected chi connectivity index (χ2v) is 16.2. The number of rotatable bonds is 15. The lowest BCUT2D eigenvalue weighted by atomic mass is 9.99. The molecular weight excluding hydrogens is 795 g/mol. The molecule has 6 heterocycles. The minimum absolute atomic E-state index is 0.0603. The lowest BCUT2D eigenvalue weighted by Crippen LogP contribution is -2.42. The number of hydrogen-bond acceptors (Lipinski definition) is 12. The summed E-state index contributed by atoms with van der Waals surface area (Å²) in [6, 6.07) is 27.4. The summed E-state index contributed by atoms with van der Waals surface area (Å²) < 4.78 is 15.9. The average molecular weight is 848 g/mol. The fourth-order valence-corrected chi connectivity index (χ4v) is 8.72. The van der Waals surface area contributed by atoms with Gasteiger partial charge < -0.3 is 35.4 Å². The molecule has 1 amide bonds. The van der Waals surface area contributed by atoms with E-state index < -0.39 is 0 Å². The zero-order chi connectivity index (χ0) is 43.3. The van der Waals surface area contributed by atoms with E-state index in [1.54, 1.807) is 0 Å². The lowest BCUT2D eigenvalue weighted by Gasteiger charge is -2.36. The number of aliphatic hydroxyl groups excluding tert-OH is 1. The Morgan fingerprint density at radius 2 is 1.73 bits per heavy atom. The smallest absolute Gasteiger partial charge is 0.252 e. The minimum Gasteiger partial charge on any atom is -0.489 e. The molecule has 4 aromatic heterocycles. The van der Waals surface area contributed by atoms with E-state index in [2.05, 4.69) is 44.9 Å². The van der Waals surface area contributed by atoms with Gasteiger partial charge in [0.15, 0.2) is 11.3 Å². The van der Waals surface area contributed by atoms with E-state index in [1.807, 2.05) is 99.2 Å². The maximum Gasteiger partial charge on any atom is 0.252 e. The van der Waals surface area contributed by atoms with Crippen LogP contribution in [0, 0.1) is 0 Å². The highest BCUT2D eigenvalue weighted by Gasteiger charge is 2.30. The van der Waals surface area contributed by atoms with Gasteiger partial charge in [-0.05, 0) is 99.0 Å². The monoisotopic (exact) mass is 847 g/mol. The molecule has 0 bridgehead atoms. The number of aliphatic hydroxyl groups is 1. The molecule has 15 heteroatoms. The number of benzene rings is 3. The summed E-state index contributed by atoms with van der Waals surface area (Å²) in [5, 5.41) is 23.7. The number of anilines is 3. The van der Waals surface area contributed by atoms with Gasteiger partial charge in [0.05, 0.1) is 17.6 Å². The average Bonchev–Trinajstić information content (AvgIpc) is 3.94. The lowest BCUT2D eigenvalue weighted by molar-refractivity contribution is -0.129. The number of aryl methyl sites for hydroxylation is 1. The molecule has 2 atom stereocenters. The van der Waals surface area contributed by atoms with Crippen LogP contribution in [-0.2, 0) is 17.8 Å². The summed E-state index contributed by atoms with van der Waals surface area (Å²) in [7, 11) is 0. The number of aromatic nitrogens is 7. The highest BCUT2D eigenvalue weighted by atomic mass is 16.5. The van der Waals surface area contributed by atoms with Crippen molar-refractivity contribution in [1.82, 2.24) is 39.2 Å². The number of fused-ring (bicyclic) bond motifs is 2. The third-order valence-corrected chi connectivity index (χ3v) is 12.1. The van der Waals surface area contributed by atoms with Crippen LogP contribution in [0.2, 0.25) is 0 Å². The van der Waals surface area contributed by atoms with Crippen molar-refractivity contribution in [2.45, 2.75) is 70.5 Å². The Bertz CT molecular complexity index is 2700. The molecule has 4 N–H and O–H groups in total. The first-order chi connectivity index (χ1) is 30.9. The number of nitrogens with one attached hydrogen (secondary N) is 1. The number of para-hydroxylation sites is 1. The number of nitrogens with two attached hydrogens (primary N) is 1. The molecule has 3 aromatic carbocycles. The molecule has 2 aliphatic heterocycles. The van der Waals surface area contributed by atoms with Crippen LogP contribution in [0.15, 0.2) is 110 Å². The Morgan fingerprint density at radius 3 is 2.52 bits per heavy atom. The van der Waals surface area contributed by atoms with Crippen LogP contribution in [-0.4, -0.2) is 89.1 Å². The van der Waals surface area contributed by atoms with Gasteiger partial charge in [-0.2, -0.15) is 14.7 Å². The Hall–Kier alpha value is -7.00. The fourth-order valence-electron chi connectivity index (χ4n) is 8.72. The number of hydrogen-bond donors (Lipinski definition) is 3. The normalized spacial score (nSPS) is 16.7. The number of nitrogens with zero attached hydrogens (tertiary/aromatic N) is 9. The van der Waals surface area contributed by atoms with E-state index in [0.29, 0.717) is 59.3 Å². The zero-order valence-corrected chi connectivity index (χ0v) is 35.6. The number of nitrogen functional groups attached to an aromatic ring is 1. The molecule has 0 unspecified atom stereocenters. The van der Waals surface area contributed by atoms with Crippen molar-refractivity contribution in [2.75, 3.05) is 48.8 Å². The highest BCUT2D eigenvalue weighted by molar-refractivity contribution is 5.98. The molecule has 2 aliphatic rings. The maximum atomic E-state index is 13.8. The minimum atomic E-state index is -0.152. The largest absolute Gasteiger partial charge is 0.489 e. The fraction of sp³-hybridized carbons (Fsp3) is 0.333. The van der Waals surface area contributed by atoms with Gasteiger partial charge in [0, 0.05) is 61.6 Å². The predicted molar refractivity (Wildman–Crippen MR) is 244 cm³/mol. The van der Waals surface area contributed by atoms with E-state index in [9.17, 15) is 9.90 Å². The molecule has 0 saturated carbocycles. The number of ether oxygens (including phenoxy) is 2. The molecule has 9 rings (SSSR count). The van der Waals surface area contributed by atoms with Crippen molar-refractivity contribution in [3.05, 3.63) is 121 Å². The van der Waals surface area contributed by atoms with Crippen molar-refractivity contribution in [2.24, 2.45) is 0 Å². The molecule has 0 spiro atoms. The molecule has 0 aliphatic carbocycles. The van der Waals surface area contributed by atoms with Gasteiger partial charge in [-0.15, -0.1) is 0 Å². The van der Waals surface area contributed by atoms with Crippen molar-refractivity contribution in [3.8, 4) is 28.5 Å². The Labute approximate surface area is 366 Å². The highest BCUT2D eigenvalue weighted by Crippen LogP contribution is 2.35. The van der Waals surface area contributed by atoms with E-state index in [0.717, 1.165) is 91.2 Å². The van der Waals surface area contributed by atoms with Crippen LogP contribution in [0.5, 0.6) is 17.2 Å². The summed E-state index contributed by atoms with van der Waals surface area (Å²) in [5.41, 5.74) is 11.9. The maximum absolute atomic E-state index is 13.8. The third-order valence-electron chi connectivity index (χ3n) is 12.1. The van der Waals surface area contributed by atoms with E-state index in [-0.39, 0.29) is 31.2 Å². The van der Waals surface area contributed by atoms with Crippen molar-refractivity contribution < 1.29 is 19.4 Å². The number of amides is 1. The SMILES string of the molecule is C=C(COc1ccc(CNc2cc(N3CCCC[C@H]3CCO)nc3c(CC)cnn23)cc1)C(=O)N1CCC[C@@H](n2nc(-c3ccc(Oc4ccccc4)cc3)c3c(N)ncnc32)C1. The van der Waals surface area contributed by atoms with E-state index >= 15 is 0 Å².